The minimum Gasteiger partial charge on any atom is -0.326 e. The molecule has 6 nitrogen and oxygen atoms in total. The van der Waals surface area contributed by atoms with E-state index < -0.39 is 0 Å². The fourth-order valence-electron chi connectivity index (χ4n) is 1.34. The summed E-state index contributed by atoms with van der Waals surface area (Å²) >= 11 is 3.68. The molecule has 0 atom stereocenters. The Morgan fingerprint density at radius 3 is 2.79 bits per heavy atom. The minimum absolute atomic E-state index is 0.0103. The van der Waals surface area contributed by atoms with E-state index in [9.17, 15) is 4.79 Å². The zero-order valence-electron chi connectivity index (χ0n) is 10.2. The Bertz CT molecular complexity index is 556. The normalized spacial score (nSPS) is 10.4. The average molecular weight is 389 g/mol. The molecule has 1 heterocycles. The van der Waals surface area contributed by atoms with Crippen LogP contribution in [0, 0.1) is 3.57 Å². The SMILES string of the molecule is Cn1nnnc1SCCC(=O)Nc1ccc(I)cc1. The second-order valence-corrected chi connectivity index (χ2v) is 6.05. The summed E-state index contributed by atoms with van der Waals surface area (Å²) in [5.74, 6) is 0.633. The van der Waals surface area contributed by atoms with Crippen molar-refractivity contribution in [1.29, 1.82) is 0 Å². The van der Waals surface area contributed by atoms with Crippen molar-refractivity contribution in [2.45, 2.75) is 11.6 Å². The Labute approximate surface area is 128 Å². The second-order valence-electron chi connectivity index (χ2n) is 3.74. The third kappa shape index (κ3) is 4.46. The van der Waals surface area contributed by atoms with Crippen LogP contribution in [0.1, 0.15) is 6.42 Å². The van der Waals surface area contributed by atoms with Crippen LogP contribution < -0.4 is 5.32 Å². The number of benzene rings is 1. The Morgan fingerprint density at radius 1 is 1.42 bits per heavy atom. The molecule has 2 rings (SSSR count). The number of rotatable bonds is 5. The lowest BCUT2D eigenvalue weighted by atomic mass is 10.3. The summed E-state index contributed by atoms with van der Waals surface area (Å²) in [5, 5.41) is 14.7. The summed E-state index contributed by atoms with van der Waals surface area (Å²) < 4.78 is 2.72. The van der Waals surface area contributed by atoms with Gasteiger partial charge in [-0.3, -0.25) is 4.79 Å². The third-order valence-corrected chi connectivity index (χ3v) is 4.00. The van der Waals surface area contributed by atoms with Crippen LogP contribution in [-0.2, 0) is 11.8 Å². The van der Waals surface area contributed by atoms with Crippen molar-refractivity contribution in [3.8, 4) is 0 Å². The number of hydrogen-bond donors (Lipinski definition) is 1. The van der Waals surface area contributed by atoms with E-state index in [0.717, 1.165) is 9.26 Å². The molecular weight excluding hydrogens is 377 g/mol. The lowest BCUT2D eigenvalue weighted by molar-refractivity contribution is -0.115. The quantitative estimate of drug-likeness (QED) is 0.625. The Balaban J connectivity index is 1.76. The molecule has 1 aromatic carbocycles. The highest BCUT2D eigenvalue weighted by Gasteiger charge is 2.06. The monoisotopic (exact) mass is 389 g/mol. The number of aryl methyl sites for hydroxylation is 1. The fourth-order valence-corrected chi connectivity index (χ4v) is 2.48. The van der Waals surface area contributed by atoms with Gasteiger partial charge in [0.15, 0.2) is 0 Å². The first-order chi connectivity index (χ1) is 9.15. The topological polar surface area (TPSA) is 72.7 Å². The first-order valence-corrected chi connectivity index (χ1v) is 7.62. The molecule has 0 aliphatic heterocycles. The molecule has 19 heavy (non-hydrogen) atoms. The molecule has 0 saturated heterocycles. The van der Waals surface area contributed by atoms with Crippen molar-refractivity contribution in [3.63, 3.8) is 0 Å². The maximum Gasteiger partial charge on any atom is 0.225 e. The number of anilines is 1. The lowest BCUT2D eigenvalue weighted by Crippen LogP contribution is -2.12. The molecule has 1 amide bonds. The van der Waals surface area contributed by atoms with Crippen molar-refractivity contribution >= 4 is 45.9 Å². The Kier molecular flexibility index (Phi) is 5.14. The van der Waals surface area contributed by atoms with Gasteiger partial charge in [0.25, 0.3) is 0 Å². The molecular formula is C11H12IN5OS. The van der Waals surface area contributed by atoms with Crippen LogP contribution in [-0.4, -0.2) is 31.9 Å². The van der Waals surface area contributed by atoms with Crippen molar-refractivity contribution in [2.24, 2.45) is 7.05 Å². The zero-order chi connectivity index (χ0) is 13.7. The second kappa shape index (κ2) is 6.85. The number of aromatic nitrogens is 4. The van der Waals surface area contributed by atoms with Crippen molar-refractivity contribution in [3.05, 3.63) is 27.8 Å². The van der Waals surface area contributed by atoms with E-state index in [-0.39, 0.29) is 5.91 Å². The van der Waals surface area contributed by atoms with Crippen molar-refractivity contribution in [1.82, 2.24) is 20.2 Å². The van der Waals surface area contributed by atoms with Crippen LogP contribution in [0.2, 0.25) is 0 Å². The summed E-state index contributed by atoms with van der Waals surface area (Å²) in [6.45, 7) is 0. The summed E-state index contributed by atoms with van der Waals surface area (Å²) in [6, 6.07) is 7.69. The highest BCUT2D eigenvalue weighted by molar-refractivity contribution is 14.1. The zero-order valence-corrected chi connectivity index (χ0v) is 13.2. The lowest BCUT2D eigenvalue weighted by Gasteiger charge is -2.04. The predicted molar refractivity (Wildman–Crippen MR) is 81.9 cm³/mol. The van der Waals surface area contributed by atoms with Gasteiger partial charge in [0.05, 0.1) is 0 Å². The minimum atomic E-state index is -0.0103. The number of nitrogens with one attached hydrogen (secondary N) is 1. The molecule has 0 bridgehead atoms. The van der Waals surface area contributed by atoms with Gasteiger partial charge in [-0.05, 0) is 57.3 Å². The number of carbonyl (C=O) groups is 1. The summed E-state index contributed by atoms with van der Waals surface area (Å²) in [5.41, 5.74) is 0.816. The van der Waals surface area contributed by atoms with Gasteiger partial charge < -0.3 is 5.32 Å². The number of thioether (sulfide) groups is 1. The van der Waals surface area contributed by atoms with Gasteiger partial charge in [-0.15, -0.1) is 5.10 Å². The first kappa shape index (κ1) is 14.3. The molecule has 0 fully saturated rings. The van der Waals surface area contributed by atoms with Crippen LogP contribution in [0.3, 0.4) is 0 Å². The summed E-state index contributed by atoms with van der Waals surface area (Å²) in [6.07, 6.45) is 0.420. The highest BCUT2D eigenvalue weighted by atomic mass is 127. The molecule has 0 radical (unpaired) electrons. The molecule has 0 saturated carbocycles. The summed E-state index contributed by atoms with van der Waals surface area (Å²) in [7, 11) is 1.77. The summed E-state index contributed by atoms with van der Waals surface area (Å²) in [4.78, 5) is 11.7. The van der Waals surface area contributed by atoms with Gasteiger partial charge in [-0.1, -0.05) is 11.8 Å². The molecule has 0 aliphatic rings. The van der Waals surface area contributed by atoms with E-state index in [2.05, 4.69) is 43.4 Å². The Morgan fingerprint density at radius 2 is 2.16 bits per heavy atom. The molecule has 2 aromatic rings. The van der Waals surface area contributed by atoms with Gasteiger partial charge >= 0.3 is 0 Å². The molecule has 0 aliphatic carbocycles. The molecule has 1 aromatic heterocycles. The first-order valence-electron chi connectivity index (χ1n) is 5.56. The van der Waals surface area contributed by atoms with Gasteiger partial charge in [0.2, 0.25) is 11.1 Å². The number of tetrazole rings is 1. The van der Waals surface area contributed by atoms with Gasteiger partial charge in [-0.2, -0.15) is 0 Å². The number of hydrogen-bond acceptors (Lipinski definition) is 5. The van der Waals surface area contributed by atoms with Crippen LogP contribution in [0.4, 0.5) is 5.69 Å². The fraction of sp³-hybridized carbons (Fsp3) is 0.273. The van der Waals surface area contributed by atoms with Crippen molar-refractivity contribution in [2.75, 3.05) is 11.1 Å². The van der Waals surface area contributed by atoms with E-state index >= 15 is 0 Å². The maximum absolute atomic E-state index is 11.7. The third-order valence-electron chi connectivity index (χ3n) is 2.27. The van der Waals surface area contributed by atoms with E-state index in [1.165, 1.54) is 11.8 Å². The molecule has 100 valence electrons. The van der Waals surface area contributed by atoms with Crippen LogP contribution in [0.15, 0.2) is 29.4 Å². The van der Waals surface area contributed by atoms with Crippen LogP contribution in [0.5, 0.6) is 0 Å². The van der Waals surface area contributed by atoms with E-state index in [1.807, 2.05) is 24.3 Å². The molecule has 0 unspecified atom stereocenters. The number of amides is 1. The van der Waals surface area contributed by atoms with Gasteiger partial charge in [0, 0.05) is 28.5 Å². The number of carbonyl (C=O) groups excluding carboxylic acids is 1. The Hall–Kier alpha value is -1.16. The standard InChI is InChI=1S/C11H12IN5OS/c1-17-11(14-15-16-17)19-7-6-10(18)13-9-4-2-8(12)3-5-9/h2-5H,6-7H2,1H3,(H,13,18). The average Bonchev–Trinajstić information content (AvgIpc) is 2.78. The maximum atomic E-state index is 11.7. The number of nitrogens with zero attached hydrogens (tertiary/aromatic N) is 4. The largest absolute Gasteiger partial charge is 0.326 e. The highest BCUT2D eigenvalue weighted by Crippen LogP contribution is 2.15. The van der Waals surface area contributed by atoms with Gasteiger partial charge in [0.1, 0.15) is 0 Å². The molecule has 8 heteroatoms. The van der Waals surface area contributed by atoms with E-state index in [4.69, 9.17) is 0 Å². The molecule has 1 N–H and O–H groups in total. The van der Waals surface area contributed by atoms with E-state index in [0.29, 0.717) is 17.3 Å². The van der Waals surface area contributed by atoms with Gasteiger partial charge in [-0.25, -0.2) is 4.68 Å². The number of halogens is 1. The van der Waals surface area contributed by atoms with Crippen molar-refractivity contribution < 1.29 is 4.79 Å². The van der Waals surface area contributed by atoms with Crippen LogP contribution >= 0.6 is 34.4 Å². The predicted octanol–water partition coefficient (Wildman–Crippen LogP) is 1.94. The smallest absolute Gasteiger partial charge is 0.225 e. The van der Waals surface area contributed by atoms with E-state index in [1.54, 1.807) is 11.7 Å². The van der Waals surface area contributed by atoms with Crippen LogP contribution in [0.25, 0.3) is 0 Å². The molecule has 0 spiro atoms.